The number of carbonyl (C=O) groups is 6. The molecular weight excluding hydrogens is 644 g/mol. The molecule has 0 saturated carbocycles. The second-order valence-electron chi connectivity index (χ2n) is 11.6. The number of rotatable bonds is 10. The molecule has 0 aliphatic carbocycles. The molecule has 1 atom stereocenters. The Bertz CT molecular complexity index is 2040. The third-order valence-electron chi connectivity index (χ3n) is 8.90. The van der Waals surface area contributed by atoms with Gasteiger partial charge in [0.2, 0.25) is 0 Å². The normalized spacial score (nSPS) is 14.7. The maximum Gasteiger partial charge on any atom is 0.327 e. The minimum atomic E-state index is -1.61. The van der Waals surface area contributed by atoms with E-state index in [0.717, 1.165) is 21.6 Å². The van der Waals surface area contributed by atoms with Crippen LogP contribution in [0, 0.1) is 0 Å². The summed E-state index contributed by atoms with van der Waals surface area (Å²) in [7, 11) is 0. The van der Waals surface area contributed by atoms with Crippen molar-refractivity contribution in [2.45, 2.75) is 10.8 Å². The second-order valence-corrected chi connectivity index (χ2v) is 12.8. The van der Waals surface area contributed by atoms with Crippen LogP contribution in [0.2, 0.25) is 0 Å². The third kappa shape index (κ3) is 4.97. The van der Waals surface area contributed by atoms with Crippen LogP contribution < -0.4 is 0 Å². The van der Waals surface area contributed by atoms with E-state index in [2.05, 4.69) is 0 Å². The molecule has 11 heteroatoms. The van der Waals surface area contributed by atoms with Crippen molar-refractivity contribution in [3.8, 4) is 0 Å². The molecule has 5 aromatic rings. The van der Waals surface area contributed by atoms with E-state index in [4.69, 9.17) is 0 Å². The van der Waals surface area contributed by atoms with E-state index in [1.165, 1.54) is 36.0 Å². The lowest BCUT2D eigenvalue weighted by molar-refractivity contribution is -0.141. The highest BCUT2D eigenvalue weighted by Crippen LogP contribution is 2.49. The van der Waals surface area contributed by atoms with Crippen molar-refractivity contribution in [1.82, 2.24) is 9.80 Å². The molecule has 2 aliphatic rings. The minimum absolute atomic E-state index is 0.0331. The average Bonchev–Trinajstić information content (AvgIpc) is 3.12. The molecule has 0 unspecified atom stereocenters. The van der Waals surface area contributed by atoms with E-state index in [0.29, 0.717) is 4.90 Å². The Balaban J connectivity index is 1.32. The van der Waals surface area contributed by atoms with Gasteiger partial charge < -0.3 is 10.2 Å². The van der Waals surface area contributed by atoms with Crippen molar-refractivity contribution in [3.05, 3.63) is 154 Å². The van der Waals surface area contributed by atoms with Crippen LogP contribution in [0.5, 0.6) is 0 Å². The van der Waals surface area contributed by atoms with E-state index in [9.17, 15) is 39.0 Å². The Morgan fingerprint density at radius 3 is 1.29 bits per heavy atom. The Labute approximate surface area is 283 Å². The molecule has 2 N–H and O–H groups in total. The molecule has 0 aromatic heterocycles. The van der Waals surface area contributed by atoms with Crippen LogP contribution in [0.1, 0.15) is 58.1 Å². The number of carbonyl (C=O) groups excluding carboxylic acids is 4. The number of amides is 4. The molecule has 0 bridgehead atoms. The molecule has 5 aromatic carbocycles. The number of imide groups is 2. The number of thioether (sulfide) groups is 1. The molecule has 49 heavy (non-hydrogen) atoms. The Morgan fingerprint density at radius 1 is 0.571 bits per heavy atom. The first kappa shape index (κ1) is 31.5. The van der Waals surface area contributed by atoms with Gasteiger partial charge in [-0.25, -0.2) is 4.79 Å². The van der Waals surface area contributed by atoms with Gasteiger partial charge in [0.05, 0.1) is 4.75 Å². The zero-order chi connectivity index (χ0) is 34.4. The molecule has 0 saturated heterocycles. The molecule has 0 fully saturated rings. The number of carboxylic acids is 2. The monoisotopic (exact) mass is 670 g/mol. The van der Waals surface area contributed by atoms with E-state index in [1.807, 2.05) is 91.0 Å². The van der Waals surface area contributed by atoms with Crippen molar-refractivity contribution in [3.63, 3.8) is 0 Å². The number of carboxylic acid groups (broad SMARTS) is 2. The summed E-state index contributed by atoms with van der Waals surface area (Å²) in [6, 6.07) is 32.4. The molecule has 7 rings (SSSR count). The van der Waals surface area contributed by atoms with Gasteiger partial charge in [0, 0.05) is 38.8 Å². The zero-order valence-electron chi connectivity index (χ0n) is 25.6. The van der Waals surface area contributed by atoms with Crippen LogP contribution >= 0.6 is 11.8 Å². The molecule has 2 aliphatic heterocycles. The fourth-order valence-electron chi connectivity index (χ4n) is 6.73. The summed E-state index contributed by atoms with van der Waals surface area (Å²) >= 11 is 1.29. The third-order valence-corrected chi connectivity index (χ3v) is 10.5. The quantitative estimate of drug-likeness (QED) is 0.149. The van der Waals surface area contributed by atoms with Crippen LogP contribution in [0.4, 0.5) is 0 Å². The smallest absolute Gasteiger partial charge is 0.327 e. The van der Waals surface area contributed by atoms with Crippen LogP contribution in [0.3, 0.4) is 0 Å². The summed E-state index contributed by atoms with van der Waals surface area (Å²) < 4.78 is -0.930. The van der Waals surface area contributed by atoms with Gasteiger partial charge in [0.25, 0.3) is 23.6 Å². The fourth-order valence-corrected chi connectivity index (χ4v) is 8.34. The summed E-state index contributed by atoms with van der Waals surface area (Å²) in [6.45, 7) is -0.859. The topological polar surface area (TPSA) is 149 Å². The fraction of sp³-hybridized carbons (Fsp3) is 0.105. The molecule has 4 amide bonds. The first-order valence-corrected chi connectivity index (χ1v) is 16.2. The Hall–Kier alpha value is -6.07. The van der Waals surface area contributed by atoms with Gasteiger partial charge in [-0.2, -0.15) is 0 Å². The lowest BCUT2D eigenvalue weighted by Gasteiger charge is -2.38. The van der Waals surface area contributed by atoms with Gasteiger partial charge in [-0.1, -0.05) is 91.0 Å². The zero-order valence-corrected chi connectivity index (χ0v) is 26.4. The number of benzene rings is 5. The van der Waals surface area contributed by atoms with Gasteiger partial charge in [-0.05, 0) is 41.0 Å². The highest BCUT2D eigenvalue weighted by Gasteiger charge is 2.46. The first-order chi connectivity index (χ1) is 23.6. The summed E-state index contributed by atoms with van der Waals surface area (Å²) in [5.74, 6) is -6.47. The Morgan fingerprint density at radius 2 is 0.939 bits per heavy atom. The first-order valence-electron chi connectivity index (χ1n) is 15.2. The molecule has 242 valence electrons. The minimum Gasteiger partial charge on any atom is -0.480 e. The molecule has 0 spiro atoms. The maximum absolute atomic E-state index is 14.2. The van der Waals surface area contributed by atoms with Crippen LogP contribution in [-0.2, 0) is 14.3 Å². The second kappa shape index (κ2) is 12.2. The van der Waals surface area contributed by atoms with Crippen molar-refractivity contribution >= 4 is 58.1 Å². The van der Waals surface area contributed by atoms with Gasteiger partial charge in [0.1, 0.15) is 12.6 Å². The molecule has 0 radical (unpaired) electrons. The van der Waals surface area contributed by atoms with Crippen LogP contribution in [0.25, 0.3) is 10.8 Å². The highest BCUT2D eigenvalue weighted by atomic mass is 32.2. The SMILES string of the molecule is O=C(O)CN1C(=O)c2ccc3c4c(ccc(c24)C1=O)C(=O)N([C@@H](CSC(c1ccccc1)(c1ccccc1)c1ccccc1)C(=O)O)C3=O. The summed E-state index contributed by atoms with van der Waals surface area (Å²) in [5.41, 5.74) is 2.46. The molecular formula is C38H26N2O8S. The molecule has 2 heterocycles. The van der Waals surface area contributed by atoms with Crippen LogP contribution in [0.15, 0.2) is 115 Å². The number of aliphatic carboxylic acids is 2. The van der Waals surface area contributed by atoms with Crippen molar-refractivity contribution in [2.24, 2.45) is 0 Å². The summed E-state index contributed by atoms with van der Waals surface area (Å²) in [5, 5.41) is 20.0. The van der Waals surface area contributed by atoms with Crippen molar-refractivity contribution in [2.75, 3.05) is 12.3 Å². The molecule has 10 nitrogen and oxygen atoms in total. The van der Waals surface area contributed by atoms with Crippen LogP contribution in [-0.4, -0.2) is 73.9 Å². The van der Waals surface area contributed by atoms with Crippen molar-refractivity contribution < 1.29 is 39.0 Å². The lowest BCUT2D eigenvalue weighted by atomic mass is 9.84. The number of hydrogen-bond donors (Lipinski definition) is 2. The van der Waals surface area contributed by atoms with Gasteiger partial charge in [0.15, 0.2) is 0 Å². The maximum atomic E-state index is 14.2. The van der Waals surface area contributed by atoms with Crippen molar-refractivity contribution in [1.29, 1.82) is 0 Å². The average molecular weight is 671 g/mol. The highest BCUT2D eigenvalue weighted by molar-refractivity contribution is 8.00. The van der Waals surface area contributed by atoms with E-state index >= 15 is 0 Å². The number of hydrogen-bond acceptors (Lipinski definition) is 7. The van der Waals surface area contributed by atoms with E-state index in [-0.39, 0.29) is 38.8 Å². The summed E-state index contributed by atoms with van der Waals surface area (Å²) in [4.78, 5) is 80.5. The lowest BCUT2D eigenvalue weighted by Crippen LogP contribution is -2.52. The van der Waals surface area contributed by atoms with Gasteiger partial charge in [-0.3, -0.25) is 33.8 Å². The predicted molar refractivity (Wildman–Crippen MR) is 181 cm³/mol. The predicted octanol–water partition coefficient (Wildman–Crippen LogP) is 5.29. The van der Waals surface area contributed by atoms with E-state index < -0.39 is 52.9 Å². The van der Waals surface area contributed by atoms with Gasteiger partial charge >= 0.3 is 11.9 Å². The van der Waals surface area contributed by atoms with Gasteiger partial charge in [-0.15, -0.1) is 11.8 Å². The standard InChI is InChI=1S/C38H26N2O8S/c41-30(42)20-39-33(43)25-16-18-27-32-28(19-17-26(31(25)32)34(39)44)36(46)40(35(27)45)29(37(47)48)21-49-38(22-10-4-1-5-11-22,23-12-6-2-7-13-23)24-14-8-3-9-15-24/h1-19,29H,20-21H2,(H,41,42)(H,47,48)/t29-/m0/s1. The largest absolute Gasteiger partial charge is 0.480 e. The summed E-state index contributed by atoms with van der Waals surface area (Å²) in [6.07, 6.45) is 0. The Kier molecular flexibility index (Phi) is 7.84. The van der Waals surface area contributed by atoms with E-state index in [1.54, 1.807) is 0 Å². The number of nitrogens with zero attached hydrogens (tertiary/aromatic N) is 2.